The lowest BCUT2D eigenvalue weighted by Gasteiger charge is -2.02. The molecule has 0 bridgehead atoms. The maximum Gasteiger partial charge on any atom is 0.243 e. The normalized spacial score (nSPS) is 9.57. The lowest BCUT2D eigenvalue weighted by molar-refractivity contribution is -0.116. The highest BCUT2D eigenvalue weighted by Gasteiger charge is 2.01. The van der Waals surface area contributed by atoms with E-state index in [-0.39, 0.29) is 12.5 Å². The quantitative estimate of drug-likeness (QED) is 0.735. The Morgan fingerprint density at radius 2 is 1.93 bits per heavy atom. The molecule has 1 aromatic rings. The van der Waals surface area contributed by atoms with E-state index < -0.39 is 11.6 Å². The number of carbonyl (C=O) groups excluding carboxylic acids is 1. The van der Waals surface area contributed by atoms with Crippen LogP contribution in [0.25, 0.3) is 0 Å². The van der Waals surface area contributed by atoms with Crippen LogP contribution in [0.5, 0.6) is 0 Å². The van der Waals surface area contributed by atoms with Crippen molar-refractivity contribution in [2.24, 2.45) is 0 Å². The van der Waals surface area contributed by atoms with E-state index in [0.29, 0.717) is 5.56 Å². The Morgan fingerprint density at radius 1 is 1.36 bits per heavy atom. The molecule has 0 fully saturated rings. The minimum Gasteiger partial charge on any atom is -0.348 e. The Balaban J connectivity index is 2.67. The highest BCUT2D eigenvalue weighted by atomic mass is 19.1. The second-order valence-electron chi connectivity index (χ2n) is 2.70. The summed E-state index contributed by atoms with van der Waals surface area (Å²) < 4.78 is 25.3. The molecule has 1 amide bonds. The SMILES string of the molecule is C=CC(=O)NCc1cc(F)cc(F)c1. The van der Waals surface area contributed by atoms with Crippen molar-refractivity contribution in [1.29, 1.82) is 0 Å². The molecule has 0 saturated heterocycles. The van der Waals surface area contributed by atoms with Crippen molar-refractivity contribution in [2.45, 2.75) is 6.54 Å². The lowest BCUT2D eigenvalue weighted by atomic mass is 10.2. The average Bonchev–Trinajstić information content (AvgIpc) is 2.12. The van der Waals surface area contributed by atoms with E-state index >= 15 is 0 Å². The fraction of sp³-hybridized carbons (Fsp3) is 0.100. The van der Waals surface area contributed by atoms with Gasteiger partial charge in [0.05, 0.1) is 0 Å². The monoisotopic (exact) mass is 197 g/mol. The van der Waals surface area contributed by atoms with E-state index in [4.69, 9.17) is 0 Å². The molecule has 0 unspecified atom stereocenters. The first kappa shape index (κ1) is 10.4. The first-order valence-electron chi connectivity index (χ1n) is 3.97. The first-order chi connectivity index (χ1) is 6.61. The second-order valence-corrected chi connectivity index (χ2v) is 2.70. The number of carbonyl (C=O) groups is 1. The van der Waals surface area contributed by atoms with Crippen LogP contribution in [0, 0.1) is 11.6 Å². The fourth-order valence-electron chi connectivity index (χ4n) is 0.974. The van der Waals surface area contributed by atoms with Crippen molar-refractivity contribution in [3.8, 4) is 0 Å². The van der Waals surface area contributed by atoms with Gasteiger partial charge in [0.2, 0.25) is 5.91 Å². The molecule has 1 N–H and O–H groups in total. The third kappa shape index (κ3) is 2.97. The Bertz CT molecular complexity index is 343. The molecule has 0 heterocycles. The molecule has 1 rings (SSSR count). The van der Waals surface area contributed by atoms with Gasteiger partial charge >= 0.3 is 0 Å². The highest BCUT2D eigenvalue weighted by Crippen LogP contribution is 2.07. The van der Waals surface area contributed by atoms with Gasteiger partial charge in [0.15, 0.2) is 0 Å². The maximum absolute atomic E-state index is 12.7. The van der Waals surface area contributed by atoms with Crippen molar-refractivity contribution in [2.75, 3.05) is 0 Å². The van der Waals surface area contributed by atoms with Crippen LogP contribution < -0.4 is 5.32 Å². The summed E-state index contributed by atoms with van der Waals surface area (Å²) >= 11 is 0. The van der Waals surface area contributed by atoms with E-state index in [1.165, 1.54) is 0 Å². The fourth-order valence-corrected chi connectivity index (χ4v) is 0.974. The minimum absolute atomic E-state index is 0.0829. The van der Waals surface area contributed by atoms with Gasteiger partial charge in [0.25, 0.3) is 0 Å². The zero-order valence-corrected chi connectivity index (χ0v) is 7.39. The summed E-state index contributed by atoms with van der Waals surface area (Å²) in [6, 6.07) is 3.09. The Labute approximate surface area is 80.2 Å². The predicted molar refractivity (Wildman–Crippen MR) is 48.4 cm³/mol. The number of halogens is 2. The van der Waals surface area contributed by atoms with Crippen LogP contribution in [0.15, 0.2) is 30.9 Å². The number of nitrogens with one attached hydrogen (secondary N) is 1. The molecule has 2 nitrogen and oxygen atoms in total. The molecule has 0 aliphatic heterocycles. The van der Waals surface area contributed by atoms with Gasteiger partial charge in [0.1, 0.15) is 11.6 Å². The number of benzene rings is 1. The third-order valence-electron chi connectivity index (χ3n) is 1.57. The molecule has 0 atom stereocenters. The Morgan fingerprint density at radius 3 is 2.43 bits per heavy atom. The number of rotatable bonds is 3. The Kier molecular flexibility index (Phi) is 3.34. The molecule has 4 heteroatoms. The minimum atomic E-state index is -0.659. The van der Waals surface area contributed by atoms with Crippen LogP contribution in [0.3, 0.4) is 0 Å². The molecule has 0 radical (unpaired) electrons. The molecule has 14 heavy (non-hydrogen) atoms. The van der Waals surface area contributed by atoms with Crippen molar-refractivity contribution < 1.29 is 13.6 Å². The van der Waals surface area contributed by atoms with Crippen LogP contribution in [-0.4, -0.2) is 5.91 Å². The van der Waals surface area contributed by atoms with Gasteiger partial charge in [-0.2, -0.15) is 0 Å². The molecule has 0 aliphatic carbocycles. The standard InChI is InChI=1S/C10H9F2NO/c1-2-10(14)13-6-7-3-8(11)5-9(12)4-7/h2-5H,1,6H2,(H,13,14). The summed E-state index contributed by atoms with van der Waals surface area (Å²) in [5.74, 6) is -1.70. The van der Waals surface area contributed by atoms with E-state index in [2.05, 4.69) is 11.9 Å². The summed E-state index contributed by atoms with van der Waals surface area (Å²) in [4.78, 5) is 10.7. The summed E-state index contributed by atoms with van der Waals surface area (Å²) in [6.07, 6.45) is 1.09. The van der Waals surface area contributed by atoms with Crippen molar-refractivity contribution in [3.63, 3.8) is 0 Å². The van der Waals surface area contributed by atoms with Gasteiger partial charge in [-0.3, -0.25) is 4.79 Å². The summed E-state index contributed by atoms with van der Waals surface area (Å²) in [5, 5.41) is 2.41. The molecular formula is C10H9F2NO. The number of hydrogen-bond donors (Lipinski definition) is 1. The molecule has 0 saturated carbocycles. The average molecular weight is 197 g/mol. The highest BCUT2D eigenvalue weighted by molar-refractivity contribution is 5.86. The molecule has 0 spiro atoms. The van der Waals surface area contributed by atoms with Gasteiger partial charge in [0, 0.05) is 12.6 Å². The van der Waals surface area contributed by atoms with E-state index in [1.54, 1.807) is 0 Å². The van der Waals surface area contributed by atoms with Gasteiger partial charge in [-0.05, 0) is 23.8 Å². The van der Waals surface area contributed by atoms with Gasteiger partial charge in [-0.1, -0.05) is 6.58 Å². The van der Waals surface area contributed by atoms with E-state index in [1.807, 2.05) is 0 Å². The molecule has 0 aromatic heterocycles. The lowest BCUT2D eigenvalue weighted by Crippen LogP contribution is -2.20. The van der Waals surface area contributed by atoms with Crippen molar-refractivity contribution in [3.05, 3.63) is 48.1 Å². The smallest absolute Gasteiger partial charge is 0.243 e. The molecule has 0 aliphatic rings. The van der Waals surface area contributed by atoms with Crippen molar-refractivity contribution in [1.82, 2.24) is 5.32 Å². The zero-order valence-electron chi connectivity index (χ0n) is 7.39. The van der Waals surface area contributed by atoms with Gasteiger partial charge in [-0.25, -0.2) is 8.78 Å². The summed E-state index contributed by atoms with van der Waals surface area (Å²) in [6.45, 7) is 3.33. The second kappa shape index (κ2) is 4.50. The van der Waals surface area contributed by atoms with Crippen LogP contribution in [-0.2, 0) is 11.3 Å². The number of amides is 1. The van der Waals surface area contributed by atoms with Crippen LogP contribution in [0.4, 0.5) is 8.78 Å². The van der Waals surface area contributed by atoms with Crippen LogP contribution in [0.1, 0.15) is 5.56 Å². The maximum atomic E-state index is 12.7. The van der Waals surface area contributed by atoms with Crippen LogP contribution in [0.2, 0.25) is 0 Å². The predicted octanol–water partition coefficient (Wildman–Crippen LogP) is 1.77. The Hall–Kier alpha value is -1.71. The number of hydrogen-bond acceptors (Lipinski definition) is 1. The third-order valence-corrected chi connectivity index (χ3v) is 1.57. The van der Waals surface area contributed by atoms with Gasteiger partial charge in [-0.15, -0.1) is 0 Å². The van der Waals surface area contributed by atoms with E-state index in [0.717, 1.165) is 24.3 Å². The zero-order chi connectivity index (χ0) is 10.6. The largest absolute Gasteiger partial charge is 0.348 e. The summed E-state index contributed by atoms with van der Waals surface area (Å²) in [5.41, 5.74) is 0.373. The van der Waals surface area contributed by atoms with Crippen LogP contribution >= 0.6 is 0 Å². The van der Waals surface area contributed by atoms with Gasteiger partial charge < -0.3 is 5.32 Å². The molecule has 1 aromatic carbocycles. The van der Waals surface area contributed by atoms with Crippen molar-refractivity contribution >= 4 is 5.91 Å². The first-order valence-corrected chi connectivity index (χ1v) is 3.97. The molecule has 74 valence electrons. The summed E-state index contributed by atoms with van der Waals surface area (Å²) in [7, 11) is 0. The van der Waals surface area contributed by atoms with E-state index in [9.17, 15) is 13.6 Å². The topological polar surface area (TPSA) is 29.1 Å². The molecular weight excluding hydrogens is 188 g/mol.